The van der Waals surface area contributed by atoms with E-state index < -0.39 is 5.97 Å². The number of nitrogens with one attached hydrogen (secondary N) is 2. The third-order valence-corrected chi connectivity index (χ3v) is 2.48. The number of hydrogen-bond donors (Lipinski definition) is 2. The van der Waals surface area contributed by atoms with E-state index in [1.165, 1.54) is 0 Å². The van der Waals surface area contributed by atoms with Crippen molar-refractivity contribution in [3.05, 3.63) is 53.9 Å². The molecule has 98 valence electrons. The molecule has 1 amide bonds. The maximum atomic E-state index is 11.7. The summed E-state index contributed by atoms with van der Waals surface area (Å²) >= 11 is 0. The molecule has 0 saturated heterocycles. The van der Waals surface area contributed by atoms with E-state index in [4.69, 9.17) is 4.74 Å². The first kappa shape index (κ1) is 12.9. The summed E-state index contributed by atoms with van der Waals surface area (Å²) in [5, 5.41) is 2.69. The van der Waals surface area contributed by atoms with Crippen LogP contribution in [0.2, 0.25) is 0 Å². The monoisotopic (exact) mass is 258 g/mol. The highest BCUT2D eigenvalue weighted by atomic mass is 16.5. The van der Waals surface area contributed by atoms with Crippen LogP contribution in [0.3, 0.4) is 0 Å². The predicted octanol–water partition coefficient (Wildman–Crippen LogP) is 1.98. The molecule has 0 fully saturated rings. The van der Waals surface area contributed by atoms with E-state index in [0.717, 1.165) is 0 Å². The molecular formula is C14H14N2O3. The number of aromatic nitrogens is 1. The van der Waals surface area contributed by atoms with Crippen LogP contribution < -0.4 is 10.1 Å². The van der Waals surface area contributed by atoms with Crippen molar-refractivity contribution < 1.29 is 14.3 Å². The highest BCUT2D eigenvalue weighted by Gasteiger charge is 2.09. The van der Waals surface area contributed by atoms with Gasteiger partial charge in [0.25, 0.3) is 5.91 Å². The zero-order valence-corrected chi connectivity index (χ0v) is 10.5. The summed E-state index contributed by atoms with van der Waals surface area (Å²) in [7, 11) is 0. The second kappa shape index (κ2) is 5.86. The van der Waals surface area contributed by atoms with Gasteiger partial charge in [0.05, 0.1) is 0 Å². The Morgan fingerprint density at radius 2 is 1.95 bits per heavy atom. The van der Waals surface area contributed by atoms with Crippen molar-refractivity contribution in [2.45, 2.75) is 6.92 Å². The van der Waals surface area contributed by atoms with Crippen molar-refractivity contribution in [1.82, 2.24) is 10.3 Å². The Morgan fingerprint density at radius 1 is 1.21 bits per heavy atom. The molecule has 0 atom stereocenters. The molecule has 0 bridgehead atoms. The Bertz CT molecular complexity index is 559. The minimum Gasteiger partial charge on any atom is -0.422 e. The molecule has 19 heavy (non-hydrogen) atoms. The topological polar surface area (TPSA) is 71.2 Å². The first-order valence-corrected chi connectivity index (χ1v) is 5.94. The van der Waals surface area contributed by atoms with Crippen molar-refractivity contribution in [1.29, 1.82) is 0 Å². The number of aromatic amines is 1. The number of ether oxygens (including phenoxy) is 1. The van der Waals surface area contributed by atoms with Gasteiger partial charge in [-0.25, -0.2) is 4.79 Å². The lowest BCUT2D eigenvalue weighted by Crippen LogP contribution is -2.22. The molecule has 0 unspecified atom stereocenters. The van der Waals surface area contributed by atoms with Crippen LogP contribution >= 0.6 is 0 Å². The zero-order valence-electron chi connectivity index (χ0n) is 10.5. The van der Waals surface area contributed by atoms with E-state index in [1.54, 1.807) is 42.6 Å². The molecule has 0 saturated carbocycles. The minimum absolute atomic E-state index is 0.148. The van der Waals surface area contributed by atoms with Gasteiger partial charge < -0.3 is 15.0 Å². The fraction of sp³-hybridized carbons (Fsp3) is 0.143. The molecule has 0 aliphatic carbocycles. The molecule has 5 heteroatoms. The molecule has 0 aliphatic heterocycles. The first-order chi connectivity index (χ1) is 9.20. The molecule has 1 aromatic heterocycles. The lowest BCUT2D eigenvalue weighted by Gasteiger charge is -2.05. The van der Waals surface area contributed by atoms with E-state index in [1.807, 2.05) is 6.92 Å². The molecule has 1 heterocycles. The second-order valence-corrected chi connectivity index (χ2v) is 3.86. The summed E-state index contributed by atoms with van der Waals surface area (Å²) in [5.41, 5.74) is 0.911. The van der Waals surface area contributed by atoms with Crippen LogP contribution in [0.4, 0.5) is 0 Å². The van der Waals surface area contributed by atoms with Gasteiger partial charge in [-0.05, 0) is 43.3 Å². The van der Waals surface area contributed by atoms with E-state index in [-0.39, 0.29) is 5.91 Å². The highest BCUT2D eigenvalue weighted by Crippen LogP contribution is 2.13. The summed E-state index contributed by atoms with van der Waals surface area (Å²) in [4.78, 5) is 26.0. The summed E-state index contributed by atoms with van der Waals surface area (Å²) in [6, 6.07) is 9.75. The van der Waals surface area contributed by atoms with E-state index in [2.05, 4.69) is 10.3 Å². The lowest BCUT2D eigenvalue weighted by molar-refractivity contribution is 0.0729. The molecule has 0 spiro atoms. The molecule has 0 aliphatic rings. The fourth-order valence-electron chi connectivity index (χ4n) is 1.56. The number of amides is 1. The normalized spacial score (nSPS) is 9.95. The SMILES string of the molecule is CCNC(=O)c1ccc(OC(=O)c2ccc[nH]2)cc1. The van der Waals surface area contributed by atoms with Crippen molar-refractivity contribution in [3.63, 3.8) is 0 Å². The molecule has 2 rings (SSSR count). The van der Waals surface area contributed by atoms with Gasteiger partial charge in [0.2, 0.25) is 0 Å². The number of H-pyrrole nitrogens is 1. The lowest BCUT2D eigenvalue weighted by atomic mass is 10.2. The average molecular weight is 258 g/mol. The predicted molar refractivity (Wildman–Crippen MR) is 70.2 cm³/mol. The summed E-state index contributed by atoms with van der Waals surface area (Å²) in [5.74, 6) is -0.215. The number of esters is 1. The van der Waals surface area contributed by atoms with Gasteiger partial charge in [-0.1, -0.05) is 0 Å². The van der Waals surface area contributed by atoms with Crippen molar-refractivity contribution in [3.8, 4) is 5.75 Å². The van der Waals surface area contributed by atoms with Crippen LogP contribution in [0.15, 0.2) is 42.6 Å². The number of benzene rings is 1. The van der Waals surface area contributed by atoms with Gasteiger partial charge in [0.1, 0.15) is 11.4 Å². The smallest absolute Gasteiger partial charge is 0.360 e. The standard InChI is InChI=1S/C14H14N2O3/c1-2-15-13(17)10-5-7-11(8-6-10)19-14(18)12-4-3-9-16-12/h3-9,16H,2H2,1H3,(H,15,17). The van der Waals surface area contributed by atoms with Crippen LogP contribution in [-0.2, 0) is 0 Å². The Hall–Kier alpha value is -2.56. The largest absolute Gasteiger partial charge is 0.422 e. The van der Waals surface area contributed by atoms with Crippen LogP contribution in [0, 0.1) is 0 Å². The molecular weight excluding hydrogens is 244 g/mol. The van der Waals surface area contributed by atoms with Crippen LogP contribution in [-0.4, -0.2) is 23.4 Å². The fourth-order valence-corrected chi connectivity index (χ4v) is 1.56. The number of rotatable bonds is 4. The first-order valence-electron chi connectivity index (χ1n) is 5.94. The summed E-state index contributed by atoms with van der Waals surface area (Å²) in [6.07, 6.45) is 1.65. The van der Waals surface area contributed by atoms with E-state index >= 15 is 0 Å². The zero-order chi connectivity index (χ0) is 13.7. The second-order valence-electron chi connectivity index (χ2n) is 3.86. The maximum absolute atomic E-state index is 11.7. The van der Waals surface area contributed by atoms with Gasteiger partial charge in [0.15, 0.2) is 0 Å². The highest BCUT2D eigenvalue weighted by molar-refractivity contribution is 5.94. The van der Waals surface area contributed by atoms with Gasteiger partial charge in [0, 0.05) is 18.3 Å². The quantitative estimate of drug-likeness (QED) is 0.650. The van der Waals surface area contributed by atoms with Crippen molar-refractivity contribution in [2.24, 2.45) is 0 Å². The van der Waals surface area contributed by atoms with Crippen LogP contribution in [0.5, 0.6) is 5.75 Å². The summed E-state index contributed by atoms with van der Waals surface area (Å²) in [6.45, 7) is 2.42. The molecule has 1 aromatic carbocycles. The Kier molecular flexibility index (Phi) is 3.97. The van der Waals surface area contributed by atoms with Crippen LogP contribution in [0.1, 0.15) is 27.8 Å². The molecule has 5 nitrogen and oxygen atoms in total. The van der Waals surface area contributed by atoms with Gasteiger partial charge in [-0.3, -0.25) is 4.79 Å². The van der Waals surface area contributed by atoms with Gasteiger partial charge >= 0.3 is 5.97 Å². The van der Waals surface area contributed by atoms with Crippen LogP contribution in [0.25, 0.3) is 0 Å². The Balaban J connectivity index is 2.03. The third-order valence-electron chi connectivity index (χ3n) is 2.48. The third kappa shape index (κ3) is 3.22. The van der Waals surface area contributed by atoms with Crippen molar-refractivity contribution in [2.75, 3.05) is 6.54 Å². The molecule has 2 aromatic rings. The minimum atomic E-state index is -0.462. The Morgan fingerprint density at radius 3 is 2.53 bits per heavy atom. The van der Waals surface area contributed by atoms with E-state index in [0.29, 0.717) is 23.6 Å². The number of carbonyl (C=O) groups excluding carboxylic acids is 2. The Labute approximate surface area is 110 Å². The van der Waals surface area contributed by atoms with E-state index in [9.17, 15) is 9.59 Å². The number of hydrogen-bond acceptors (Lipinski definition) is 3. The number of carbonyl (C=O) groups is 2. The molecule has 2 N–H and O–H groups in total. The average Bonchev–Trinajstić information content (AvgIpc) is 2.94. The molecule has 0 radical (unpaired) electrons. The van der Waals surface area contributed by atoms with Crippen molar-refractivity contribution >= 4 is 11.9 Å². The summed E-state index contributed by atoms with van der Waals surface area (Å²) < 4.78 is 5.15. The van der Waals surface area contributed by atoms with Gasteiger partial charge in [-0.2, -0.15) is 0 Å². The maximum Gasteiger partial charge on any atom is 0.360 e. The van der Waals surface area contributed by atoms with Gasteiger partial charge in [-0.15, -0.1) is 0 Å².